The van der Waals surface area contributed by atoms with Crippen LogP contribution in [0.4, 0.5) is 5.69 Å². The smallest absolute Gasteiger partial charge is 0.238 e. The van der Waals surface area contributed by atoms with Gasteiger partial charge in [-0.25, -0.2) is 0 Å². The number of carbonyl (C=O) groups is 1. The summed E-state index contributed by atoms with van der Waals surface area (Å²) in [5.41, 5.74) is 3.41. The molecule has 1 unspecified atom stereocenters. The first kappa shape index (κ1) is 23.0. The highest BCUT2D eigenvalue weighted by Gasteiger charge is 2.21. The zero-order valence-electron chi connectivity index (χ0n) is 18.4. The van der Waals surface area contributed by atoms with E-state index in [1.54, 1.807) is 0 Å². The molecule has 2 saturated heterocycles. The van der Waals surface area contributed by atoms with E-state index in [4.69, 9.17) is 17.0 Å². The molecule has 1 aromatic rings. The van der Waals surface area contributed by atoms with Gasteiger partial charge >= 0.3 is 0 Å². The van der Waals surface area contributed by atoms with Crippen LogP contribution in [-0.2, 0) is 22.4 Å². The van der Waals surface area contributed by atoms with Crippen molar-refractivity contribution in [3.8, 4) is 0 Å². The van der Waals surface area contributed by atoms with E-state index in [1.165, 1.54) is 11.1 Å². The minimum Gasteiger partial charge on any atom is -0.376 e. The van der Waals surface area contributed by atoms with Crippen molar-refractivity contribution in [1.29, 1.82) is 0 Å². The average molecular weight is 433 g/mol. The predicted octanol–water partition coefficient (Wildman–Crippen LogP) is 2.81. The largest absolute Gasteiger partial charge is 0.376 e. The van der Waals surface area contributed by atoms with Crippen molar-refractivity contribution in [1.82, 2.24) is 15.1 Å². The molecular formula is C23H36N4O2S. The number of para-hydroxylation sites is 1. The molecule has 1 atom stereocenters. The molecule has 0 bridgehead atoms. The van der Waals surface area contributed by atoms with Gasteiger partial charge in [0.1, 0.15) is 0 Å². The van der Waals surface area contributed by atoms with Gasteiger partial charge in [0.15, 0.2) is 5.11 Å². The van der Waals surface area contributed by atoms with Gasteiger partial charge in [-0.2, -0.15) is 0 Å². The van der Waals surface area contributed by atoms with Gasteiger partial charge in [-0.1, -0.05) is 32.0 Å². The summed E-state index contributed by atoms with van der Waals surface area (Å²) in [6.45, 7) is 9.85. The summed E-state index contributed by atoms with van der Waals surface area (Å²) in [6, 6.07) is 6.28. The number of benzene rings is 1. The first-order valence-electron chi connectivity index (χ1n) is 11.4. The molecule has 2 fully saturated rings. The molecule has 0 radical (unpaired) electrons. The summed E-state index contributed by atoms with van der Waals surface area (Å²) in [5.74, 6) is 0.0677. The Bertz CT molecular complexity index is 699. The quantitative estimate of drug-likeness (QED) is 0.646. The van der Waals surface area contributed by atoms with Crippen molar-refractivity contribution in [2.24, 2.45) is 0 Å². The Balaban J connectivity index is 1.47. The molecular weight excluding hydrogens is 396 g/mol. The Kier molecular flexibility index (Phi) is 8.90. The lowest BCUT2D eigenvalue weighted by Gasteiger charge is -2.25. The number of rotatable bonds is 7. The van der Waals surface area contributed by atoms with E-state index < -0.39 is 0 Å². The molecule has 2 aliphatic heterocycles. The van der Waals surface area contributed by atoms with Gasteiger partial charge in [0.25, 0.3) is 0 Å². The van der Waals surface area contributed by atoms with Gasteiger partial charge in [0, 0.05) is 45.0 Å². The van der Waals surface area contributed by atoms with Crippen LogP contribution in [0.1, 0.15) is 44.2 Å². The third kappa shape index (κ3) is 6.40. The molecule has 2 heterocycles. The molecule has 2 aliphatic rings. The maximum Gasteiger partial charge on any atom is 0.238 e. The standard InChI is InChI=1S/C23H36N4O2S/c1-3-18-8-5-9-19(4-2)22(18)25-21(28)17-26-11-7-12-27(14-13-26)23(30)24-16-20-10-6-15-29-20/h5,8-9,20H,3-4,6-7,10-17H2,1-2H3,(H,24,30)(H,25,28). The summed E-state index contributed by atoms with van der Waals surface area (Å²) in [7, 11) is 0. The van der Waals surface area contributed by atoms with Gasteiger partial charge in [-0.05, 0) is 55.4 Å². The van der Waals surface area contributed by atoms with Crippen molar-refractivity contribution in [3.63, 3.8) is 0 Å². The third-order valence-electron chi connectivity index (χ3n) is 6.01. The topological polar surface area (TPSA) is 56.8 Å². The van der Waals surface area contributed by atoms with Gasteiger partial charge in [0.05, 0.1) is 12.6 Å². The first-order chi connectivity index (χ1) is 14.6. The minimum atomic E-state index is 0.0677. The Morgan fingerprint density at radius 3 is 2.57 bits per heavy atom. The van der Waals surface area contributed by atoms with Crippen LogP contribution in [0.15, 0.2) is 18.2 Å². The van der Waals surface area contributed by atoms with Crippen molar-refractivity contribution in [2.75, 3.05) is 51.2 Å². The molecule has 0 spiro atoms. The van der Waals surface area contributed by atoms with Crippen LogP contribution >= 0.6 is 12.2 Å². The Morgan fingerprint density at radius 2 is 1.90 bits per heavy atom. The fourth-order valence-electron chi connectivity index (χ4n) is 4.24. The van der Waals surface area contributed by atoms with E-state index in [9.17, 15) is 4.79 Å². The maximum absolute atomic E-state index is 12.8. The number of amides is 1. The number of hydrogen-bond donors (Lipinski definition) is 2. The molecule has 1 aromatic carbocycles. The van der Waals surface area contributed by atoms with Crippen LogP contribution in [-0.4, -0.2) is 72.8 Å². The molecule has 0 aromatic heterocycles. The van der Waals surface area contributed by atoms with Gasteiger partial charge < -0.3 is 20.3 Å². The van der Waals surface area contributed by atoms with E-state index in [1.807, 2.05) is 0 Å². The lowest BCUT2D eigenvalue weighted by atomic mass is 10.0. The highest BCUT2D eigenvalue weighted by Crippen LogP contribution is 2.22. The predicted molar refractivity (Wildman–Crippen MR) is 126 cm³/mol. The van der Waals surface area contributed by atoms with Crippen LogP contribution < -0.4 is 10.6 Å². The van der Waals surface area contributed by atoms with Gasteiger partial charge in [0.2, 0.25) is 5.91 Å². The van der Waals surface area contributed by atoms with Crippen molar-refractivity contribution >= 4 is 28.9 Å². The fraction of sp³-hybridized carbons (Fsp3) is 0.652. The van der Waals surface area contributed by atoms with Crippen molar-refractivity contribution in [3.05, 3.63) is 29.3 Å². The van der Waals surface area contributed by atoms with Crippen LogP contribution in [0.3, 0.4) is 0 Å². The molecule has 7 heteroatoms. The number of ether oxygens (including phenoxy) is 1. The van der Waals surface area contributed by atoms with E-state index in [0.717, 1.165) is 82.2 Å². The van der Waals surface area contributed by atoms with E-state index in [2.05, 4.69) is 52.5 Å². The zero-order valence-corrected chi connectivity index (χ0v) is 19.2. The second-order valence-corrected chi connectivity index (χ2v) is 8.53. The fourth-order valence-corrected chi connectivity index (χ4v) is 4.50. The lowest BCUT2D eigenvalue weighted by Crippen LogP contribution is -2.44. The highest BCUT2D eigenvalue weighted by atomic mass is 32.1. The molecule has 3 rings (SSSR count). The van der Waals surface area contributed by atoms with Crippen LogP contribution in [0, 0.1) is 0 Å². The van der Waals surface area contributed by atoms with Gasteiger partial charge in [-0.15, -0.1) is 0 Å². The summed E-state index contributed by atoms with van der Waals surface area (Å²) >= 11 is 5.60. The Hall–Kier alpha value is -1.70. The maximum atomic E-state index is 12.8. The van der Waals surface area contributed by atoms with E-state index in [-0.39, 0.29) is 12.0 Å². The van der Waals surface area contributed by atoms with Crippen molar-refractivity contribution < 1.29 is 9.53 Å². The van der Waals surface area contributed by atoms with Gasteiger partial charge in [-0.3, -0.25) is 9.69 Å². The minimum absolute atomic E-state index is 0.0677. The molecule has 0 aliphatic carbocycles. The Labute approximate surface area is 186 Å². The van der Waals surface area contributed by atoms with Crippen LogP contribution in [0.2, 0.25) is 0 Å². The van der Waals surface area contributed by atoms with Crippen LogP contribution in [0.5, 0.6) is 0 Å². The molecule has 2 N–H and O–H groups in total. The number of aryl methyl sites for hydroxylation is 2. The third-order valence-corrected chi connectivity index (χ3v) is 6.41. The Morgan fingerprint density at radius 1 is 1.13 bits per heavy atom. The lowest BCUT2D eigenvalue weighted by molar-refractivity contribution is -0.117. The molecule has 30 heavy (non-hydrogen) atoms. The van der Waals surface area contributed by atoms with Crippen LogP contribution in [0.25, 0.3) is 0 Å². The SMILES string of the molecule is CCc1cccc(CC)c1NC(=O)CN1CCCN(C(=S)NCC2CCCO2)CC1. The van der Waals surface area contributed by atoms with Crippen molar-refractivity contribution in [2.45, 2.75) is 52.1 Å². The molecule has 0 saturated carbocycles. The number of nitrogens with one attached hydrogen (secondary N) is 2. The molecule has 166 valence electrons. The number of hydrogen-bond acceptors (Lipinski definition) is 4. The second kappa shape index (κ2) is 11.6. The van der Waals surface area contributed by atoms with E-state index >= 15 is 0 Å². The van der Waals surface area contributed by atoms with E-state index in [0.29, 0.717) is 6.54 Å². The summed E-state index contributed by atoms with van der Waals surface area (Å²) in [4.78, 5) is 17.2. The number of carbonyl (C=O) groups excluding carboxylic acids is 1. The summed E-state index contributed by atoms with van der Waals surface area (Å²) < 4.78 is 5.66. The second-order valence-electron chi connectivity index (χ2n) is 8.14. The number of anilines is 1. The summed E-state index contributed by atoms with van der Waals surface area (Å²) in [5, 5.41) is 7.36. The zero-order chi connectivity index (χ0) is 21.3. The number of nitrogens with zero attached hydrogens (tertiary/aromatic N) is 2. The highest BCUT2D eigenvalue weighted by molar-refractivity contribution is 7.80. The molecule has 6 nitrogen and oxygen atoms in total. The normalized spacial score (nSPS) is 20.1. The molecule has 1 amide bonds. The first-order valence-corrected chi connectivity index (χ1v) is 11.8. The number of thiocarbonyl (C=S) groups is 1. The summed E-state index contributed by atoms with van der Waals surface area (Å²) in [6.07, 6.45) is 5.37. The average Bonchev–Trinajstić information content (AvgIpc) is 3.17. The monoisotopic (exact) mass is 432 g/mol.